The van der Waals surface area contributed by atoms with Gasteiger partial charge in [0.2, 0.25) is 0 Å². The molecule has 40 heavy (non-hydrogen) atoms. The highest BCUT2D eigenvalue weighted by Gasteiger charge is 2.18. The number of thiophene rings is 1. The number of imidazole rings is 1. The molecule has 0 unspecified atom stereocenters. The molecule has 7 rings (SSSR count). The van der Waals surface area contributed by atoms with Crippen LogP contribution in [0.25, 0.3) is 55.2 Å². The van der Waals surface area contributed by atoms with Gasteiger partial charge in [-0.2, -0.15) is 5.10 Å². The van der Waals surface area contributed by atoms with E-state index in [1.807, 2.05) is 54.6 Å². The van der Waals surface area contributed by atoms with Crippen molar-refractivity contribution in [2.45, 2.75) is 13.5 Å². The zero-order valence-electron chi connectivity index (χ0n) is 21.3. The summed E-state index contributed by atoms with van der Waals surface area (Å²) >= 11 is 1.43. The van der Waals surface area contributed by atoms with Crippen LogP contribution in [0, 0.1) is 0 Å². The molecule has 0 bridgehead atoms. The highest BCUT2D eigenvalue weighted by atomic mass is 32.1. The van der Waals surface area contributed by atoms with Crippen molar-refractivity contribution in [1.82, 2.24) is 35.1 Å². The first-order valence-electron chi connectivity index (χ1n) is 12.5. The number of hydrogen-bond acceptors (Lipinski definition) is 8. The van der Waals surface area contributed by atoms with Crippen LogP contribution in [0.1, 0.15) is 22.2 Å². The smallest absolute Gasteiger partial charge is 0.169 e. The topological polar surface area (TPSA) is 122 Å². The molecule has 7 aromatic rings. The van der Waals surface area contributed by atoms with E-state index in [1.165, 1.54) is 11.3 Å². The van der Waals surface area contributed by atoms with Crippen LogP contribution >= 0.6 is 11.3 Å². The molecular weight excluding hydrogens is 522 g/mol. The average molecular weight is 544 g/mol. The van der Waals surface area contributed by atoms with Crippen molar-refractivity contribution < 1.29 is 9.53 Å². The summed E-state index contributed by atoms with van der Waals surface area (Å²) in [7, 11) is 0. The van der Waals surface area contributed by atoms with Crippen LogP contribution in [0.3, 0.4) is 0 Å². The van der Waals surface area contributed by atoms with Gasteiger partial charge >= 0.3 is 0 Å². The number of nitrogens with one attached hydrogen (secondary N) is 2. The Labute approximate surface area is 232 Å². The minimum Gasteiger partial charge on any atom is -0.487 e. The summed E-state index contributed by atoms with van der Waals surface area (Å²) in [6, 6.07) is 17.7. The van der Waals surface area contributed by atoms with Gasteiger partial charge in [0.15, 0.2) is 11.6 Å². The van der Waals surface area contributed by atoms with Gasteiger partial charge in [-0.15, -0.1) is 11.3 Å². The molecule has 0 spiro atoms. The zero-order valence-corrected chi connectivity index (χ0v) is 22.1. The quantitative estimate of drug-likeness (QED) is 0.221. The Morgan fingerprint density at radius 1 is 0.950 bits per heavy atom. The Kier molecular flexibility index (Phi) is 5.86. The molecule has 0 atom stereocenters. The number of aromatic nitrogens is 7. The fraction of sp³-hybridized carbons (Fsp3) is 0.0667. The monoisotopic (exact) mass is 543 g/mol. The minimum atomic E-state index is 0.0370. The lowest BCUT2D eigenvalue weighted by molar-refractivity contribution is 0.102. The Hall–Kier alpha value is -5.22. The lowest BCUT2D eigenvalue weighted by Crippen LogP contribution is -1.96. The summed E-state index contributed by atoms with van der Waals surface area (Å²) in [6.07, 6.45) is 8.72. The summed E-state index contributed by atoms with van der Waals surface area (Å²) in [6.45, 7) is 2.02. The van der Waals surface area contributed by atoms with E-state index >= 15 is 0 Å². The van der Waals surface area contributed by atoms with Crippen molar-refractivity contribution in [1.29, 1.82) is 0 Å². The Bertz CT molecular complexity index is 2010. The third-order valence-electron chi connectivity index (χ3n) is 6.54. The minimum absolute atomic E-state index is 0.0370. The number of Topliss-reactive ketones (excluding diaryl/α,β-unsaturated/α-hetero) is 1. The molecule has 0 aliphatic rings. The molecule has 2 N–H and O–H groups in total. The maximum absolute atomic E-state index is 11.8. The second-order valence-corrected chi connectivity index (χ2v) is 10.3. The highest BCUT2D eigenvalue weighted by molar-refractivity contribution is 7.17. The van der Waals surface area contributed by atoms with Gasteiger partial charge in [0, 0.05) is 33.8 Å². The zero-order chi connectivity index (χ0) is 27.1. The molecule has 194 valence electrons. The number of ether oxygens (including phenoxy) is 1. The molecule has 6 heterocycles. The second kappa shape index (κ2) is 9.83. The third kappa shape index (κ3) is 4.40. The number of nitrogens with zero attached hydrogens (tertiary/aromatic N) is 5. The van der Waals surface area contributed by atoms with Gasteiger partial charge in [-0.3, -0.25) is 24.8 Å². The van der Waals surface area contributed by atoms with Gasteiger partial charge in [-0.05, 0) is 36.8 Å². The van der Waals surface area contributed by atoms with Gasteiger partial charge < -0.3 is 9.72 Å². The molecule has 0 amide bonds. The van der Waals surface area contributed by atoms with Gasteiger partial charge in [0.1, 0.15) is 23.6 Å². The largest absolute Gasteiger partial charge is 0.487 e. The summed E-state index contributed by atoms with van der Waals surface area (Å²) in [5.74, 6) is 1.30. The van der Waals surface area contributed by atoms with E-state index in [1.54, 1.807) is 37.9 Å². The lowest BCUT2D eigenvalue weighted by Gasteiger charge is -2.08. The summed E-state index contributed by atoms with van der Waals surface area (Å²) in [4.78, 5) is 35.1. The standard InChI is InChI=1S/C30H21N7O2S/c1-17(38)26-7-8-27(40-26)22-13-32-14-25-28(22)35-30(34-25)29-21-10-23(33-15-24(21)36-37-29)19-9-20(12-31-11-19)39-16-18-5-3-2-4-6-18/h2-15H,16H2,1H3,(H,34,35)(H,36,37). The first-order chi connectivity index (χ1) is 19.6. The molecule has 0 aliphatic carbocycles. The number of pyridine rings is 3. The number of ketones is 1. The predicted molar refractivity (Wildman–Crippen MR) is 154 cm³/mol. The molecular formula is C30H21N7O2S. The van der Waals surface area contributed by atoms with Gasteiger partial charge in [-0.25, -0.2) is 4.98 Å². The predicted octanol–water partition coefficient (Wildman–Crippen LogP) is 6.47. The van der Waals surface area contributed by atoms with E-state index in [9.17, 15) is 4.79 Å². The number of carbonyl (C=O) groups is 1. The van der Waals surface area contributed by atoms with Crippen LogP contribution in [0.4, 0.5) is 0 Å². The Balaban J connectivity index is 1.23. The number of H-pyrrole nitrogens is 2. The SMILES string of the molecule is CC(=O)c1ccc(-c2cncc3[nH]c(-c4n[nH]c5cnc(-c6cncc(OCc7ccccc7)c6)cc45)nc23)s1. The first kappa shape index (κ1) is 23.9. The maximum Gasteiger partial charge on any atom is 0.169 e. The van der Waals surface area contributed by atoms with Crippen LogP contribution in [0.2, 0.25) is 0 Å². The number of hydrogen-bond donors (Lipinski definition) is 2. The normalized spacial score (nSPS) is 11.3. The molecule has 10 heteroatoms. The lowest BCUT2D eigenvalue weighted by atomic mass is 10.1. The van der Waals surface area contributed by atoms with Gasteiger partial charge in [0.25, 0.3) is 0 Å². The number of aromatic amines is 2. The number of fused-ring (bicyclic) bond motifs is 2. The summed E-state index contributed by atoms with van der Waals surface area (Å²) < 4.78 is 5.97. The third-order valence-corrected chi connectivity index (χ3v) is 7.76. The molecule has 6 aromatic heterocycles. The van der Waals surface area contributed by atoms with E-state index in [2.05, 4.69) is 30.1 Å². The van der Waals surface area contributed by atoms with E-state index in [-0.39, 0.29) is 5.78 Å². The van der Waals surface area contributed by atoms with Crippen LogP contribution < -0.4 is 4.74 Å². The van der Waals surface area contributed by atoms with E-state index < -0.39 is 0 Å². The van der Waals surface area contributed by atoms with Gasteiger partial charge in [-0.1, -0.05) is 30.3 Å². The molecule has 0 fully saturated rings. The van der Waals surface area contributed by atoms with Crippen molar-refractivity contribution in [3.63, 3.8) is 0 Å². The Morgan fingerprint density at radius 3 is 2.67 bits per heavy atom. The fourth-order valence-corrected chi connectivity index (χ4v) is 5.44. The van der Waals surface area contributed by atoms with Crippen LogP contribution in [-0.2, 0) is 6.61 Å². The summed E-state index contributed by atoms with van der Waals surface area (Å²) in [5.41, 5.74) is 6.50. The molecule has 9 nitrogen and oxygen atoms in total. The van der Waals surface area contributed by atoms with Crippen molar-refractivity contribution >= 4 is 39.1 Å². The molecule has 0 saturated carbocycles. The van der Waals surface area contributed by atoms with Crippen LogP contribution in [0.5, 0.6) is 5.75 Å². The van der Waals surface area contributed by atoms with E-state index in [0.717, 1.165) is 49.2 Å². The van der Waals surface area contributed by atoms with Crippen molar-refractivity contribution in [2.24, 2.45) is 0 Å². The van der Waals surface area contributed by atoms with Crippen LogP contribution in [0.15, 0.2) is 85.6 Å². The number of rotatable bonds is 7. The van der Waals surface area contributed by atoms with Crippen LogP contribution in [-0.4, -0.2) is 40.9 Å². The highest BCUT2D eigenvalue weighted by Crippen LogP contribution is 2.35. The van der Waals surface area contributed by atoms with E-state index in [0.29, 0.717) is 28.8 Å². The molecule has 0 aliphatic heterocycles. The van der Waals surface area contributed by atoms with Crippen molar-refractivity contribution in [3.05, 3.63) is 96.0 Å². The van der Waals surface area contributed by atoms with E-state index in [4.69, 9.17) is 9.72 Å². The first-order valence-corrected chi connectivity index (χ1v) is 13.4. The summed E-state index contributed by atoms with van der Waals surface area (Å²) in [5, 5.41) is 8.47. The average Bonchev–Trinajstić information content (AvgIpc) is 3.74. The maximum atomic E-state index is 11.8. The fourth-order valence-electron chi connectivity index (χ4n) is 4.53. The Morgan fingerprint density at radius 2 is 1.82 bits per heavy atom. The molecule has 0 radical (unpaired) electrons. The number of carbonyl (C=O) groups excluding carboxylic acids is 1. The van der Waals surface area contributed by atoms with Crippen molar-refractivity contribution in [2.75, 3.05) is 0 Å². The van der Waals surface area contributed by atoms with Crippen molar-refractivity contribution in [3.8, 4) is 39.0 Å². The molecule has 0 saturated heterocycles. The second-order valence-electron chi connectivity index (χ2n) is 9.26. The van der Waals surface area contributed by atoms with Gasteiger partial charge in [0.05, 0.1) is 40.2 Å². The number of benzene rings is 1. The molecule has 1 aromatic carbocycles.